The van der Waals surface area contributed by atoms with E-state index in [-0.39, 0.29) is 0 Å². The molecule has 23 heavy (non-hydrogen) atoms. The Bertz CT molecular complexity index is 560. The Kier molecular flexibility index (Phi) is 4.96. The van der Waals surface area contributed by atoms with Crippen LogP contribution in [0.2, 0.25) is 0 Å². The van der Waals surface area contributed by atoms with Crippen LogP contribution in [0.15, 0.2) is 24.3 Å². The van der Waals surface area contributed by atoms with Crippen LogP contribution in [0.25, 0.3) is 0 Å². The monoisotopic (exact) mass is 319 g/mol. The summed E-state index contributed by atoms with van der Waals surface area (Å²) in [5, 5.41) is 9.22. The van der Waals surface area contributed by atoms with Gasteiger partial charge in [-0.05, 0) is 17.5 Å². The molecule has 1 aromatic rings. The summed E-state index contributed by atoms with van der Waals surface area (Å²) in [6, 6.07) is 8.54. The number of benzene rings is 1. The number of nitrogens with zero attached hydrogens (tertiary/aromatic N) is 2. The van der Waals surface area contributed by atoms with Crippen molar-refractivity contribution in [3.05, 3.63) is 35.4 Å². The highest BCUT2D eigenvalue weighted by Gasteiger charge is 2.41. The van der Waals surface area contributed by atoms with Crippen molar-refractivity contribution < 1.29 is 14.6 Å². The van der Waals surface area contributed by atoms with Gasteiger partial charge >= 0.3 is 5.97 Å². The Hall–Kier alpha value is -1.47. The molecular formula is C17H25N3O3. The number of nitrogens with two attached hydrogens (primary N) is 1. The maximum atomic E-state index is 11.2. The average Bonchev–Trinajstić information content (AvgIpc) is 2.91. The van der Waals surface area contributed by atoms with E-state index >= 15 is 0 Å². The first-order chi connectivity index (χ1) is 11.0. The normalized spacial score (nSPS) is 26.5. The topological polar surface area (TPSA) is 79.0 Å². The first-order valence-corrected chi connectivity index (χ1v) is 8.18. The number of aliphatic carboxylic acids is 1. The van der Waals surface area contributed by atoms with Crippen molar-refractivity contribution in [2.45, 2.75) is 25.0 Å². The first kappa shape index (κ1) is 16.4. The molecule has 3 rings (SSSR count). The van der Waals surface area contributed by atoms with Crippen molar-refractivity contribution >= 4 is 5.97 Å². The van der Waals surface area contributed by atoms with Crippen LogP contribution in [0.1, 0.15) is 17.5 Å². The number of carbonyl (C=O) groups is 1. The molecule has 2 aliphatic heterocycles. The highest BCUT2D eigenvalue weighted by atomic mass is 16.5. The number of carboxylic acids is 1. The molecule has 1 aromatic carbocycles. The van der Waals surface area contributed by atoms with Crippen LogP contribution in [-0.4, -0.2) is 65.8 Å². The maximum absolute atomic E-state index is 11.2. The number of carboxylic acid groups (broad SMARTS) is 1. The Labute approximate surface area is 136 Å². The minimum absolute atomic E-state index is 0.413. The summed E-state index contributed by atoms with van der Waals surface area (Å²) in [4.78, 5) is 15.8. The molecule has 2 aliphatic rings. The molecule has 6 heteroatoms. The van der Waals surface area contributed by atoms with Gasteiger partial charge in [-0.25, -0.2) is 0 Å². The van der Waals surface area contributed by atoms with Gasteiger partial charge in [-0.1, -0.05) is 24.3 Å². The highest BCUT2D eigenvalue weighted by Crippen LogP contribution is 2.21. The molecular weight excluding hydrogens is 294 g/mol. The smallest absolute Gasteiger partial charge is 0.325 e. The van der Waals surface area contributed by atoms with E-state index in [9.17, 15) is 9.90 Å². The standard InChI is InChI=1S/C17H25N3O3/c18-17(16(21)22)4-5-20(13-17)12-15-3-1-2-14(10-15)11-19-6-8-23-9-7-19/h1-3,10H,4-9,11-13,18H2,(H,21,22). The first-order valence-electron chi connectivity index (χ1n) is 8.18. The minimum atomic E-state index is -1.09. The summed E-state index contributed by atoms with van der Waals surface area (Å²) in [5.41, 5.74) is 7.35. The average molecular weight is 319 g/mol. The number of ether oxygens (including phenoxy) is 1. The zero-order chi connectivity index (χ0) is 16.3. The number of morpholine rings is 1. The van der Waals surface area contributed by atoms with Crippen molar-refractivity contribution in [2.75, 3.05) is 39.4 Å². The Morgan fingerprint density at radius 2 is 1.83 bits per heavy atom. The van der Waals surface area contributed by atoms with Crippen LogP contribution >= 0.6 is 0 Å². The van der Waals surface area contributed by atoms with Gasteiger partial charge in [-0.3, -0.25) is 14.6 Å². The third-order valence-electron chi connectivity index (χ3n) is 4.71. The second-order valence-corrected chi connectivity index (χ2v) is 6.63. The van der Waals surface area contributed by atoms with Gasteiger partial charge in [-0.15, -0.1) is 0 Å². The summed E-state index contributed by atoms with van der Waals surface area (Å²) in [6.07, 6.45) is 0.510. The fraction of sp³-hybridized carbons (Fsp3) is 0.588. The van der Waals surface area contributed by atoms with Gasteiger partial charge in [0.25, 0.3) is 0 Å². The van der Waals surface area contributed by atoms with Crippen LogP contribution < -0.4 is 5.73 Å². The zero-order valence-corrected chi connectivity index (χ0v) is 13.4. The SMILES string of the molecule is NC1(C(=O)O)CCN(Cc2cccc(CN3CCOCC3)c2)C1. The molecule has 2 saturated heterocycles. The quantitative estimate of drug-likeness (QED) is 0.823. The van der Waals surface area contributed by atoms with Crippen molar-refractivity contribution in [1.82, 2.24) is 9.80 Å². The number of rotatable bonds is 5. The lowest BCUT2D eigenvalue weighted by Gasteiger charge is -2.26. The van der Waals surface area contributed by atoms with Crippen LogP contribution in [0.4, 0.5) is 0 Å². The van der Waals surface area contributed by atoms with E-state index in [2.05, 4.69) is 34.1 Å². The van der Waals surface area contributed by atoms with Crippen molar-refractivity contribution in [3.8, 4) is 0 Å². The molecule has 0 amide bonds. The lowest BCUT2D eigenvalue weighted by molar-refractivity contribution is -0.142. The molecule has 0 aliphatic carbocycles. The van der Waals surface area contributed by atoms with Crippen LogP contribution in [0, 0.1) is 0 Å². The van der Waals surface area contributed by atoms with Crippen LogP contribution in [-0.2, 0) is 22.6 Å². The largest absolute Gasteiger partial charge is 0.480 e. The molecule has 2 fully saturated rings. The van der Waals surface area contributed by atoms with E-state index < -0.39 is 11.5 Å². The second-order valence-electron chi connectivity index (χ2n) is 6.63. The molecule has 1 atom stereocenters. The van der Waals surface area contributed by atoms with Gasteiger partial charge in [0.1, 0.15) is 5.54 Å². The molecule has 0 bridgehead atoms. The van der Waals surface area contributed by atoms with E-state index in [4.69, 9.17) is 10.5 Å². The molecule has 6 nitrogen and oxygen atoms in total. The molecule has 0 radical (unpaired) electrons. The van der Waals surface area contributed by atoms with Crippen molar-refractivity contribution in [2.24, 2.45) is 5.73 Å². The fourth-order valence-corrected chi connectivity index (χ4v) is 3.33. The van der Waals surface area contributed by atoms with E-state index in [0.29, 0.717) is 13.0 Å². The lowest BCUT2D eigenvalue weighted by Crippen LogP contribution is -2.50. The lowest BCUT2D eigenvalue weighted by atomic mass is 10.0. The number of likely N-dealkylation sites (tertiary alicyclic amines) is 1. The summed E-state index contributed by atoms with van der Waals surface area (Å²) in [6.45, 7) is 6.40. The summed E-state index contributed by atoms with van der Waals surface area (Å²) < 4.78 is 5.38. The van der Waals surface area contributed by atoms with Gasteiger partial charge in [0.15, 0.2) is 0 Å². The molecule has 2 heterocycles. The number of hydrogen-bond donors (Lipinski definition) is 2. The van der Waals surface area contributed by atoms with Gasteiger partial charge < -0.3 is 15.6 Å². The second kappa shape index (κ2) is 6.97. The Morgan fingerprint density at radius 1 is 1.17 bits per heavy atom. The maximum Gasteiger partial charge on any atom is 0.325 e. The molecule has 0 saturated carbocycles. The van der Waals surface area contributed by atoms with Crippen LogP contribution in [0.5, 0.6) is 0 Å². The molecule has 3 N–H and O–H groups in total. The fourth-order valence-electron chi connectivity index (χ4n) is 3.33. The summed E-state index contributed by atoms with van der Waals surface area (Å²) in [5.74, 6) is -0.902. The molecule has 1 unspecified atom stereocenters. The van der Waals surface area contributed by atoms with Crippen LogP contribution in [0.3, 0.4) is 0 Å². The third-order valence-corrected chi connectivity index (χ3v) is 4.71. The van der Waals surface area contributed by atoms with Gasteiger partial charge in [0, 0.05) is 39.3 Å². The Morgan fingerprint density at radius 3 is 2.43 bits per heavy atom. The van der Waals surface area contributed by atoms with E-state index in [1.54, 1.807) is 0 Å². The predicted molar refractivity (Wildman–Crippen MR) is 87.0 cm³/mol. The molecule has 0 spiro atoms. The zero-order valence-electron chi connectivity index (χ0n) is 13.4. The van der Waals surface area contributed by atoms with Gasteiger partial charge in [0.05, 0.1) is 13.2 Å². The van der Waals surface area contributed by atoms with E-state index in [1.807, 2.05) is 0 Å². The third kappa shape index (κ3) is 4.09. The molecule has 126 valence electrons. The van der Waals surface area contributed by atoms with Gasteiger partial charge in [-0.2, -0.15) is 0 Å². The minimum Gasteiger partial charge on any atom is -0.480 e. The van der Waals surface area contributed by atoms with Crippen molar-refractivity contribution in [3.63, 3.8) is 0 Å². The Balaban J connectivity index is 1.58. The highest BCUT2D eigenvalue weighted by molar-refractivity contribution is 5.79. The van der Waals surface area contributed by atoms with E-state index in [1.165, 1.54) is 11.1 Å². The predicted octanol–water partition coefficient (Wildman–Crippen LogP) is 0.507. The summed E-state index contributed by atoms with van der Waals surface area (Å²) >= 11 is 0. The number of hydrogen-bond acceptors (Lipinski definition) is 5. The molecule has 0 aromatic heterocycles. The van der Waals surface area contributed by atoms with Crippen molar-refractivity contribution in [1.29, 1.82) is 0 Å². The van der Waals surface area contributed by atoms with E-state index in [0.717, 1.165) is 45.9 Å². The summed E-state index contributed by atoms with van der Waals surface area (Å²) in [7, 11) is 0. The van der Waals surface area contributed by atoms with Gasteiger partial charge in [0.2, 0.25) is 0 Å².